The standard InChI is InChI=1S/C11H21NO4S/c1-3-4-5-6-17(15,16)12-7-9(2)10(8-12)11(13)14/h9-10H,3-8H2,1-2H3,(H,13,14)/t9-,10-/m1/s1. The maximum atomic E-state index is 12.0. The fourth-order valence-electron chi connectivity index (χ4n) is 2.13. The van der Waals surface area contributed by atoms with Gasteiger partial charge in [-0.25, -0.2) is 12.7 Å². The first-order valence-corrected chi connectivity index (χ1v) is 7.70. The molecule has 0 radical (unpaired) electrons. The zero-order valence-corrected chi connectivity index (χ0v) is 11.2. The molecule has 0 aromatic heterocycles. The van der Waals surface area contributed by atoms with Gasteiger partial charge < -0.3 is 5.11 Å². The predicted octanol–water partition coefficient (Wildman–Crippen LogP) is 1.16. The molecule has 1 rings (SSSR count). The summed E-state index contributed by atoms with van der Waals surface area (Å²) in [6.07, 6.45) is 2.52. The highest BCUT2D eigenvalue weighted by Crippen LogP contribution is 2.26. The van der Waals surface area contributed by atoms with Crippen LogP contribution in [0, 0.1) is 11.8 Å². The molecule has 0 bridgehead atoms. The van der Waals surface area contributed by atoms with Crippen LogP contribution in [0.5, 0.6) is 0 Å². The molecule has 0 aliphatic carbocycles. The Bertz CT molecular complexity index is 366. The third-order valence-corrected chi connectivity index (χ3v) is 5.18. The van der Waals surface area contributed by atoms with Gasteiger partial charge in [0.15, 0.2) is 0 Å². The molecule has 2 atom stereocenters. The van der Waals surface area contributed by atoms with E-state index in [1.807, 2.05) is 6.92 Å². The SMILES string of the molecule is CCCCCS(=O)(=O)N1C[C@@H](C)[C@H](C(=O)O)C1. The first-order valence-electron chi connectivity index (χ1n) is 6.09. The molecule has 100 valence electrons. The van der Waals surface area contributed by atoms with E-state index in [-0.39, 0.29) is 18.2 Å². The van der Waals surface area contributed by atoms with Crippen LogP contribution in [0.1, 0.15) is 33.1 Å². The maximum Gasteiger partial charge on any atom is 0.308 e. The Labute approximate surface area is 103 Å². The number of sulfonamides is 1. The van der Waals surface area contributed by atoms with E-state index in [1.54, 1.807) is 6.92 Å². The van der Waals surface area contributed by atoms with Crippen LogP contribution in [-0.4, -0.2) is 42.6 Å². The molecule has 0 spiro atoms. The number of hydrogen-bond donors (Lipinski definition) is 1. The zero-order valence-electron chi connectivity index (χ0n) is 10.4. The van der Waals surface area contributed by atoms with E-state index in [2.05, 4.69) is 0 Å². The molecule has 0 amide bonds. The molecule has 0 aromatic rings. The molecule has 1 fully saturated rings. The number of carboxylic acid groups (broad SMARTS) is 1. The molecular weight excluding hydrogens is 242 g/mol. The Morgan fingerprint density at radius 1 is 1.35 bits per heavy atom. The molecule has 1 saturated heterocycles. The second-order valence-corrected chi connectivity index (χ2v) is 6.85. The highest BCUT2D eigenvalue weighted by molar-refractivity contribution is 7.89. The maximum absolute atomic E-state index is 12.0. The zero-order chi connectivity index (χ0) is 13.1. The van der Waals surface area contributed by atoms with Crippen molar-refractivity contribution >= 4 is 16.0 Å². The van der Waals surface area contributed by atoms with Crippen LogP contribution in [0.25, 0.3) is 0 Å². The second-order valence-electron chi connectivity index (χ2n) is 4.76. The minimum atomic E-state index is -3.26. The number of hydrogen-bond acceptors (Lipinski definition) is 3. The molecule has 5 nitrogen and oxygen atoms in total. The molecule has 0 aromatic carbocycles. The van der Waals surface area contributed by atoms with Crippen LogP contribution in [0.15, 0.2) is 0 Å². The number of nitrogens with zero attached hydrogens (tertiary/aromatic N) is 1. The first-order chi connectivity index (χ1) is 7.88. The summed E-state index contributed by atoms with van der Waals surface area (Å²) < 4.78 is 25.2. The summed E-state index contributed by atoms with van der Waals surface area (Å²) in [6.45, 7) is 4.28. The van der Waals surface area contributed by atoms with Crippen LogP contribution < -0.4 is 0 Å². The molecule has 1 aliphatic heterocycles. The number of aliphatic carboxylic acids is 1. The van der Waals surface area contributed by atoms with Gasteiger partial charge in [0.2, 0.25) is 10.0 Å². The molecular formula is C11H21NO4S. The average molecular weight is 263 g/mol. The third-order valence-electron chi connectivity index (χ3n) is 3.30. The van der Waals surface area contributed by atoms with Crippen molar-refractivity contribution in [2.45, 2.75) is 33.1 Å². The third kappa shape index (κ3) is 3.67. The van der Waals surface area contributed by atoms with Crippen LogP contribution >= 0.6 is 0 Å². The number of carboxylic acids is 1. The van der Waals surface area contributed by atoms with Crippen LogP contribution in [0.4, 0.5) is 0 Å². The molecule has 6 heteroatoms. The fraction of sp³-hybridized carbons (Fsp3) is 0.909. The van der Waals surface area contributed by atoms with E-state index < -0.39 is 21.9 Å². The highest BCUT2D eigenvalue weighted by atomic mass is 32.2. The quantitative estimate of drug-likeness (QED) is 0.730. The monoisotopic (exact) mass is 263 g/mol. The summed E-state index contributed by atoms with van der Waals surface area (Å²) in [5, 5.41) is 8.96. The summed E-state index contributed by atoms with van der Waals surface area (Å²) >= 11 is 0. The van der Waals surface area contributed by atoms with Gasteiger partial charge in [0, 0.05) is 13.1 Å². The van der Waals surface area contributed by atoms with Crippen molar-refractivity contribution in [1.29, 1.82) is 0 Å². The van der Waals surface area contributed by atoms with Gasteiger partial charge >= 0.3 is 5.97 Å². The normalized spacial score (nSPS) is 26.2. The lowest BCUT2D eigenvalue weighted by Crippen LogP contribution is -2.32. The van der Waals surface area contributed by atoms with Crippen LogP contribution in [-0.2, 0) is 14.8 Å². The fourth-order valence-corrected chi connectivity index (χ4v) is 3.81. The van der Waals surface area contributed by atoms with E-state index in [9.17, 15) is 13.2 Å². The molecule has 1 aliphatic rings. The van der Waals surface area contributed by atoms with E-state index in [1.165, 1.54) is 4.31 Å². The number of unbranched alkanes of at least 4 members (excludes halogenated alkanes) is 2. The summed E-state index contributed by atoms with van der Waals surface area (Å²) in [4.78, 5) is 10.9. The highest BCUT2D eigenvalue weighted by Gasteiger charge is 2.39. The summed E-state index contributed by atoms with van der Waals surface area (Å²) in [6, 6.07) is 0. The number of rotatable bonds is 6. The second kappa shape index (κ2) is 5.82. The van der Waals surface area contributed by atoms with E-state index in [0.29, 0.717) is 13.0 Å². The van der Waals surface area contributed by atoms with Crippen molar-refractivity contribution in [1.82, 2.24) is 4.31 Å². The topological polar surface area (TPSA) is 74.7 Å². The lowest BCUT2D eigenvalue weighted by Gasteiger charge is -2.15. The van der Waals surface area contributed by atoms with E-state index in [0.717, 1.165) is 12.8 Å². The number of carbonyl (C=O) groups is 1. The van der Waals surface area contributed by atoms with Gasteiger partial charge in [0.05, 0.1) is 11.7 Å². The first kappa shape index (κ1) is 14.4. The molecule has 1 N–H and O–H groups in total. The smallest absolute Gasteiger partial charge is 0.308 e. The molecule has 0 unspecified atom stereocenters. The van der Waals surface area contributed by atoms with Gasteiger partial charge in [0.1, 0.15) is 0 Å². The van der Waals surface area contributed by atoms with Gasteiger partial charge in [-0.15, -0.1) is 0 Å². The largest absolute Gasteiger partial charge is 0.481 e. The summed E-state index contributed by atoms with van der Waals surface area (Å²) in [5.74, 6) is -1.42. The van der Waals surface area contributed by atoms with Gasteiger partial charge in [-0.2, -0.15) is 0 Å². The minimum absolute atomic E-state index is 0.103. The Hall–Kier alpha value is -0.620. The van der Waals surface area contributed by atoms with Crippen molar-refractivity contribution in [2.75, 3.05) is 18.8 Å². The van der Waals surface area contributed by atoms with Crippen molar-refractivity contribution in [3.05, 3.63) is 0 Å². The Balaban J connectivity index is 2.60. The van der Waals surface area contributed by atoms with E-state index in [4.69, 9.17) is 5.11 Å². The lowest BCUT2D eigenvalue weighted by atomic mass is 9.99. The van der Waals surface area contributed by atoms with Crippen molar-refractivity contribution in [2.24, 2.45) is 11.8 Å². The van der Waals surface area contributed by atoms with Gasteiger partial charge in [-0.1, -0.05) is 26.7 Å². The van der Waals surface area contributed by atoms with E-state index >= 15 is 0 Å². The molecule has 0 saturated carbocycles. The predicted molar refractivity (Wildman–Crippen MR) is 65.2 cm³/mol. The molecule has 17 heavy (non-hydrogen) atoms. The van der Waals surface area contributed by atoms with Crippen molar-refractivity contribution in [3.8, 4) is 0 Å². The van der Waals surface area contributed by atoms with Gasteiger partial charge in [0.25, 0.3) is 0 Å². The van der Waals surface area contributed by atoms with Crippen molar-refractivity contribution < 1.29 is 18.3 Å². The van der Waals surface area contributed by atoms with Crippen molar-refractivity contribution in [3.63, 3.8) is 0 Å². The Morgan fingerprint density at radius 2 is 2.00 bits per heavy atom. The Kier molecular flexibility index (Phi) is 4.94. The lowest BCUT2D eigenvalue weighted by molar-refractivity contribution is -0.142. The average Bonchev–Trinajstić information content (AvgIpc) is 2.61. The van der Waals surface area contributed by atoms with Gasteiger partial charge in [-0.3, -0.25) is 4.79 Å². The van der Waals surface area contributed by atoms with Crippen LogP contribution in [0.3, 0.4) is 0 Å². The van der Waals surface area contributed by atoms with Gasteiger partial charge in [-0.05, 0) is 12.3 Å². The summed E-state index contributed by atoms with van der Waals surface area (Å²) in [7, 11) is -3.26. The van der Waals surface area contributed by atoms with Crippen LogP contribution in [0.2, 0.25) is 0 Å². The molecule has 1 heterocycles. The summed E-state index contributed by atoms with van der Waals surface area (Å²) in [5.41, 5.74) is 0. The Morgan fingerprint density at radius 3 is 2.47 bits per heavy atom. The minimum Gasteiger partial charge on any atom is -0.481 e.